The van der Waals surface area contributed by atoms with Gasteiger partial charge in [-0.15, -0.1) is 0 Å². The lowest BCUT2D eigenvalue weighted by Crippen LogP contribution is -2.57. The zero-order valence-corrected chi connectivity index (χ0v) is 16.8. The van der Waals surface area contributed by atoms with E-state index >= 15 is 0 Å². The standard InChI is InChI=1S/C23H27N3O2/c1-4-25-20-14-17(22(27)24-19-11-8-15(2)13-16(19)3)9-10-18(20)23(28)26-12-6-5-7-21(25)26/h8-11,13-14,21H,4-7,12H2,1-3H3,(H,24,27)/t21-/m1/s1. The van der Waals surface area contributed by atoms with Gasteiger partial charge in [-0.05, 0) is 69.9 Å². The average Bonchev–Trinajstić information content (AvgIpc) is 2.70. The molecular formula is C23H27N3O2. The molecule has 1 N–H and O–H groups in total. The summed E-state index contributed by atoms with van der Waals surface area (Å²) < 4.78 is 0. The summed E-state index contributed by atoms with van der Waals surface area (Å²) in [5.74, 6) is -0.0601. The molecule has 2 amide bonds. The van der Waals surface area contributed by atoms with Crippen molar-refractivity contribution >= 4 is 23.2 Å². The second kappa shape index (κ2) is 7.30. The fourth-order valence-corrected chi connectivity index (χ4v) is 4.41. The first-order valence-corrected chi connectivity index (χ1v) is 10.1. The smallest absolute Gasteiger partial charge is 0.257 e. The molecule has 2 heterocycles. The summed E-state index contributed by atoms with van der Waals surface area (Å²) in [7, 11) is 0. The van der Waals surface area contributed by atoms with E-state index in [2.05, 4.69) is 23.2 Å². The molecule has 0 spiro atoms. The molecule has 1 atom stereocenters. The minimum atomic E-state index is -0.149. The van der Waals surface area contributed by atoms with Gasteiger partial charge in [0.25, 0.3) is 11.8 Å². The van der Waals surface area contributed by atoms with Crippen LogP contribution in [0.25, 0.3) is 0 Å². The highest BCUT2D eigenvalue weighted by Gasteiger charge is 2.38. The van der Waals surface area contributed by atoms with Crippen molar-refractivity contribution in [2.24, 2.45) is 0 Å². The van der Waals surface area contributed by atoms with E-state index in [1.807, 2.05) is 43.0 Å². The Balaban J connectivity index is 1.66. The Morgan fingerprint density at radius 3 is 2.71 bits per heavy atom. The Kier molecular flexibility index (Phi) is 4.84. The maximum absolute atomic E-state index is 13.0. The highest BCUT2D eigenvalue weighted by atomic mass is 16.2. The normalized spacial score (nSPS) is 18.5. The Labute approximate surface area is 166 Å². The lowest BCUT2D eigenvalue weighted by molar-refractivity contribution is 0.0582. The van der Waals surface area contributed by atoms with Crippen LogP contribution in [-0.2, 0) is 0 Å². The third-order valence-electron chi connectivity index (χ3n) is 5.86. The topological polar surface area (TPSA) is 52.7 Å². The maximum atomic E-state index is 13.0. The third-order valence-corrected chi connectivity index (χ3v) is 5.86. The number of benzene rings is 2. The van der Waals surface area contributed by atoms with Crippen molar-refractivity contribution in [2.75, 3.05) is 23.3 Å². The number of aryl methyl sites for hydroxylation is 2. The molecule has 0 aliphatic carbocycles. The summed E-state index contributed by atoms with van der Waals surface area (Å²) in [6, 6.07) is 11.4. The summed E-state index contributed by atoms with van der Waals surface area (Å²) in [5, 5.41) is 3.01. The molecule has 5 heteroatoms. The molecule has 4 rings (SSSR count). The zero-order chi connectivity index (χ0) is 19.8. The Hall–Kier alpha value is -2.82. The number of carbonyl (C=O) groups is 2. The molecule has 146 valence electrons. The summed E-state index contributed by atoms with van der Waals surface area (Å²) in [6.45, 7) is 7.75. The van der Waals surface area contributed by atoms with E-state index < -0.39 is 0 Å². The van der Waals surface area contributed by atoms with Gasteiger partial charge in [0.15, 0.2) is 0 Å². The van der Waals surface area contributed by atoms with E-state index in [1.165, 1.54) is 5.56 Å². The van der Waals surface area contributed by atoms with E-state index in [0.29, 0.717) is 11.1 Å². The van der Waals surface area contributed by atoms with Gasteiger partial charge >= 0.3 is 0 Å². The first-order valence-electron chi connectivity index (χ1n) is 10.1. The predicted molar refractivity (Wildman–Crippen MR) is 112 cm³/mol. The molecule has 0 radical (unpaired) electrons. The van der Waals surface area contributed by atoms with Crippen molar-refractivity contribution in [1.29, 1.82) is 0 Å². The van der Waals surface area contributed by atoms with Crippen molar-refractivity contribution in [1.82, 2.24) is 4.90 Å². The van der Waals surface area contributed by atoms with Gasteiger partial charge in [-0.3, -0.25) is 9.59 Å². The van der Waals surface area contributed by atoms with Gasteiger partial charge in [-0.2, -0.15) is 0 Å². The van der Waals surface area contributed by atoms with Crippen molar-refractivity contribution in [2.45, 2.75) is 46.2 Å². The number of rotatable bonds is 3. The number of nitrogens with zero attached hydrogens (tertiary/aromatic N) is 2. The highest BCUT2D eigenvalue weighted by molar-refractivity contribution is 6.08. The van der Waals surface area contributed by atoms with Gasteiger partial charge in [-0.1, -0.05) is 17.7 Å². The number of hydrogen-bond donors (Lipinski definition) is 1. The van der Waals surface area contributed by atoms with Gasteiger partial charge in [0, 0.05) is 24.3 Å². The summed E-state index contributed by atoms with van der Waals surface area (Å²) in [4.78, 5) is 30.1. The largest absolute Gasteiger partial charge is 0.351 e. The number of carbonyl (C=O) groups excluding carboxylic acids is 2. The van der Waals surface area contributed by atoms with Crippen molar-refractivity contribution in [3.63, 3.8) is 0 Å². The van der Waals surface area contributed by atoms with Crippen molar-refractivity contribution in [3.8, 4) is 0 Å². The first-order chi connectivity index (χ1) is 13.5. The molecule has 0 saturated carbocycles. The third kappa shape index (κ3) is 3.15. The van der Waals surface area contributed by atoms with Gasteiger partial charge < -0.3 is 15.1 Å². The number of piperidine rings is 1. The number of anilines is 2. The van der Waals surface area contributed by atoms with Crippen LogP contribution in [0.15, 0.2) is 36.4 Å². The van der Waals surface area contributed by atoms with Crippen LogP contribution in [-0.4, -0.2) is 36.0 Å². The first kappa shape index (κ1) is 18.5. The molecule has 1 saturated heterocycles. The van der Waals surface area contributed by atoms with Crippen LogP contribution < -0.4 is 10.2 Å². The maximum Gasteiger partial charge on any atom is 0.257 e. The summed E-state index contributed by atoms with van der Waals surface area (Å²) in [6.07, 6.45) is 3.29. The second-order valence-electron chi connectivity index (χ2n) is 7.77. The zero-order valence-electron chi connectivity index (χ0n) is 16.8. The SMILES string of the molecule is CCN1c2cc(C(=O)Nc3ccc(C)cc3C)ccc2C(=O)N2CCCC[C@@H]21. The minimum absolute atomic E-state index is 0.0886. The monoisotopic (exact) mass is 377 g/mol. The van der Waals surface area contributed by atoms with Crippen LogP contribution >= 0.6 is 0 Å². The number of nitrogens with one attached hydrogen (secondary N) is 1. The van der Waals surface area contributed by atoms with Crippen LogP contribution in [0.3, 0.4) is 0 Å². The number of hydrogen-bond acceptors (Lipinski definition) is 3. The van der Waals surface area contributed by atoms with E-state index in [-0.39, 0.29) is 18.0 Å². The molecule has 2 aromatic rings. The quantitative estimate of drug-likeness (QED) is 0.865. The molecule has 5 nitrogen and oxygen atoms in total. The fraction of sp³-hybridized carbons (Fsp3) is 0.391. The minimum Gasteiger partial charge on any atom is -0.351 e. The van der Waals surface area contributed by atoms with Crippen LogP contribution in [0.4, 0.5) is 11.4 Å². The van der Waals surface area contributed by atoms with E-state index in [0.717, 1.165) is 49.3 Å². The summed E-state index contributed by atoms with van der Waals surface area (Å²) in [5.41, 5.74) is 5.17. The van der Waals surface area contributed by atoms with Crippen molar-refractivity contribution in [3.05, 3.63) is 58.7 Å². The van der Waals surface area contributed by atoms with Crippen LogP contribution in [0.5, 0.6) is 0 Å². The van der Waals surface area contributed by atoms with Gasteiger partial charge in [0.05, 0.1) is 11.3 Å². The van der Waals surface area contributed by atoms with Crippen LogP contribution in [0, 0.1) is 13.8 Å². The fourth-order valence-electron chi connectivity index (χ4n) is 4.41. The Bertz CT molecular complexity index is 937. The van der Waals surface area contributed by atoms with Crippen molar-refractivity contribution < 1.29 is 9.59 Å². The molecule has 28 heavy (non-hydrogen) atoms. The highest BCUT2D eigenvalue weighted by Crippen LogP contribution is 2.35. The molecule has 2 aromatic carbocycles. The van der Waals surface area contributed by atoms with E-state index in [1.54, 1.807) is 6.07 Å². The lowest BCUT2D eigenvalue weighted by atomic mass is 9.97. The van der Waals surface area contributed by atoms with Gasteiger partial charge in [0.1, 0.15) is 6.17 Å². The van der Waals surface area contributed by atoms with Crippen LogP contribution in [0.1, 0.15) is 58.0 Å². The Morgan fingerprint density at radius 1 is 1.14 bits per heavy atom. The number of amides is 2. The lowest BCUT2D eigenvalue weighted by Gasteiger charge is -2.47. The summed E-state index contributed by atoms with van der Waals surface area (Å²) >= 11 is 0. The molecule has 2 aliphatic heterocycles. The molecule has 0 aromatic heterocycles. The van der Waals surface area contributed by atoms with E-state index in [9.17, 15) is 9.59 Å². The van der Waals surface area contributed by atoms with Crippen LogP contribution in [0.2, 0.25) is 0 Å². The van der Waals surface area contributed by atoms with Gasteiger partial charge in [-0.25, -0.2) is 0 Å². The Morgan fingerprint density at radius 2 is 1.96 bits per heavy atom. The molecule has 2 aliphatic rings. The second-order valence-corrected chi connectivity index (χ2v) is 7.77. The van der Waals surface area contributed by atoms with Gasteiger partial charge in [0.2, 0.25) is 0 Å². The molecular weight excluding hydrogens is 350 g/mol. The molecule has 1 fully saturated rings. The number of fused-ring (bicyclic) bond motifs is 2. The van der Waals surface area contributed by atoms with E-state index in [4.69, 9.17) is 0 Å². The predicted octanol–water partition coefficient (Wildman–Crippen LogP) is 4.35. The average molecular weight is 377 g/mol. The molecule has 0 unspecified atom stereocenters. The molecule has 0 bridgehead atoms.